The summed E-state index contributed by atoms with van der Waals surface area (Å²) in [6, 6.07) is 20.3. The third kappa shape index (κ3) is 3.96. The Hall–Kier alpha value is -3.01. The fourth-order valence-electron chi connectivity index (χ4n) is 3.82. The van der Waals surface area contributed by atoms with Crippen molar-refractivity contribution in [3.8, 4) is 5.75 Å². The molecule has 0 aliphatic carbocycles. The number of fused-ring (bicyclic) bond motifs is 1. The molecule has 4 heteroatoms. The topological polar surface area (TPSA) is 41.6 Å². The molecular formula is C24H26N2O2. The van der Waals surface area contributed by atoms with Crippen LogP contribution in [0.1, 0.15) is 35.2 Å². The molecule has 1 amide bonds. The van der Waals surface area contributed by atoms with Gasteiger partial charge in [-0.3, -0.25) is 4.79 Å². The van der Waals surface area contributed by atoms with Crippen LogP contribution in [0.15, 0.2) is 60.7 Å². The van der Waals surface area contributed by atoms with Crippen molar-refractivity contribution in [3.63, 3.8) is 0 Å². The molecule has 0 unspecified atom stereocenters. The number of amides is 1. The molecule has 1 N–H and O–H groups in total. The lowest BCUT2D eigenvalue weighted by Gasteiger charge is -2.28. The second-order valence-electron chi connectivity index (χ2n) is 7.30. The van der Waals surface area contributed by atoms with E-state index < -0.39 is 0 Å². The quantitative estimate of drug-likeness (QED) is 0.699. The first-order chi connectivity index (χ1) is 13.7. The van der Waals surface area contributed by atoms with Crippen molar-refractivity contribution in [2.45, 2.75) is 25.8 Å². The van der Waals surface area contributed by atoms with Crippen LogP contribution in [0.3, 0.4) is 0 Å². The Balaban J connectivity index is 1.44. The molecule has 0 saturated carbocycles. The molecule has 4 rings (SSSR count). The first-order valence-electron chi connectivity index (χ1n) is 9.93. The van der Waals surface area contributed by atoms with Gasteiger partial charge in [-0.2, -0.15) is 0 Å². The van der Waals surface area contributed by atoms with Crippen LogP contribution in [0.2, 0.25) is 0 Å². The summed E-state index contributed by atoms with van der Waals surface area (Å²) in [6.07, 6.45) is 3.87. The molecule has 0 bridgehead atoms. The highest BCUT2D eigenvalue weighted by molar-refractivity contribution is 6.01. The number of nitrogens with one attached hydrogen (secondary N) is 1. The summed E-state index contributed by atoms with van der Waals surface area (Å²) >= 11 is 0. The smallest absolute Gasteiger partial charge is 0.255 e. The van der Waals surface area contributed by atoms with Crippen LogP contribution < -0.4 is 15.0 Å². The van der Waals surface area contributed by atoms with Crippen molar-refractivity contribution in [2.75, 3.05) is 25.1 Å². The van der Waals surface area contributed by atoms with Crippen LogP contribution in [0.4, 0.5) is 5.69 Å². The maximum atomic E-state index is 12.8. The van der Waals surface area contributed by atoms with Crippen LogP contribution in [0, 0.1) is 0 Å². The van der Waals surface area contributed by atoms with Gasteiger partial charge in [0.25, 0.3) is 5.91 Å². The number of carbonyl (C=O) groups excluding carboxylic acids is 1. The van der Waals surface area contributed by atoms with E-state index in [1.807, 2.05) is 36.4 Å². The molecule has 28 heavy (non-hydrogen) atoms. The van der Waals surface area contributed by atoms with Crippen molar-refractivity contribution < 1.29 is 9.53 Å². The summed E-state index contributed by atoms with van der Waals surface area (Å²) in [5.74, 6) is 0.472. The number of ether oxygens (including phenoxy) is 1. The SMILES string of the molecule is COc1cc2ccccc2cc1C(=O)NCc1ccc(N2CCCCC2)cc1. The normalized spacial score (nSPS) is 14.1. The van der Waals surface area contributed by atoms with Crippen LogP contribution >= 0.6 is 0 Å². The molecule has 3 aromatic carbocycles. The number of piperidine rings is 1. The number of methoxy groups -OCH3 is 1. The van der Waals surface area contributed by atoms with Gasteiger partial charge in [0, 0.05) is 25.3 Å². The first kappa shape index (κ1) is 18.4. The van der Waals surface area contributed by atoms with Crippen molar-refractivity contribution in [1.29, 1.82) is 0 Å². The molecule has 1 fully saturated rings. The van der Waals surface area contributed by atoms with E-state index in [0.717, 1.165) is 29.4 Å². The molecule has 0 radical (unpaired) electrons. The summed E-state index contributed by atoms with van der Waals surface area (Å²) < 4.78 is 5.44. The maximum Gasteiger partial charge on any atom is 0.255 e. The Kier molecular flexibility index (Phi) is 5.47. The average molecular weight is 374 g/mol. The molecule has 0 atom stereocenters. The third-order valence-electron chi connectivity index (χ3n) is 5.42. The lowest BCUT2D eigenvalue weighted by molar-refractivity contribution is 0.0948. The predicted octanol–water partition coefficient (Wildman–Crippen LogP) is 4.77. The molecule has 1 aliphatic heterocycles. The van der Waals surface area contributed by atoms with E-state index in [2.05, 4.69) is 34.5 Å². The standard InChI is InChI=1S/C24H26N2O2/c1-28-23-16-20-8-4-3-7-19(20)15-22(23)24(27)25-17-18-9-11-21(12-10-18)26-13-5-2-6-14-26/h3-4,7-12,15-16H,2,5-6,13-14,17H2,1H3,(H,25,27). The van der Waals surface area contributed by atoms with Gasteiger partial charge in [-0.05, 0) is 59.9 Å². The van der Waals surface area contributed by atoms with E-state index in [-0.39, 0.29) is 5.91 Å². The Morgan fingerprint density at radius 2 is 1.64 bits per heavy atom. The van der Waals surface area contributed by atoms with E-state index in [0.29, 0.717) is 17.9 Å². The second-order valence-corrected chi connectivity index (χ2v) is 7.30. The highest BCUT2D eigenvalue weighted by Crippen LogP contribution is 2.26. The number of hydrogen-bond donors (Lipinski definition) is 1. The number of carbonyl (C=O) groups is 1. The summed E-state index contributed by atoms with van der Waals surface area (Å²) in [6.45, 7) is 2.77. The van der Waals surface area contributed by atoms with E-state index in [9.17, 15) is 4.79 Å². The number of hydrogen-bond acceptors (Lipinski definition) is 3. The number of nitrogens with zero attached hydrogens (tertiary/aromatic N) is 1. The van der Waals surface area contributed by atoms with Crippen LogP contribution in [-0.4, -0.2) is 26.1 Å². The first-order valence-corrected chi connectivity index (χ1v) is 9.93. The largest absolute Gasteiger partial charge is 0.496 e. The van der Waals surface area contributed by atoms with E-state index >= 15 is 0 Å². The molecule has 1 heterocycles. The minimum atomic E-state index is -0.122. The van der Waals surface area contributed by atoms with Crippen molar-refractivity contribution in [1.82, 2.24) is 5.32 Å². The molecule has 3 aromatic rings. The third-order valence-corrected chi connectivity index (χ3v) is 5.42. The summed E-state index contributed by atoms with van der Waals surface area (Å²) in [4.78, 5) is 15.2. The van der Waals surface area contributed by atoms with Crippen molar-refractivity contribution in [2.24, 2.45) is 0 Å². The molecule has 0 aromatic heterocycles. The maximum absolute atomic E-state index is 12.8. The number of rotatable bonds is 5. The van der Waals surface area contributed by atoms with Gasteiger partial charge >= 0.3 is 0 Å². The second kappa shape index (κ2) is 8.34. The van der Waals surface area contributed by atoms with Gasteiger partial charge in [-0.15, -0.1) is 0 Å². The molecule has 144 valence electrons. The lowest BCUT2D eigenvalue weighted by Crippen LogP contribution is -2.29. The van der Waals surface area contributed by atoms with Gasteiger partial charge in [-0.25, -0.2) is 0 Å². The van der Waals surface area contributed by atoms with Gasteiger partial charge in [0.2, 0.25) is 0 Å². The molecule has 4 nitrogen and oxygen atoms in total. The van der Waals surface area contributed by atoms with Crippen LogP contribution in [0.5, 0.6) is 5.75 Å². The summed E-state index contributed by atoms with van der Waals surface area (Å²) in [5.41, 5.74) is 2.92. The number of benzene rings is 3. The van der Waals surface area contributed by atoms with Crippen molar-refractivity contribution >= 4 is 22.4 Å². The highest BCUT2D eigenvalue weighted by atomic mass is 16.5. The fourth-order valence-corrected chi connectivity index (χ4v) is 3.82. The van der Waals surface area contributed by atoms with Gasteiger partial charge < -0.3 is 15.0 Å². The predicted molar refractivity (Wildman–Crippen MR) is 114 cm³/mol. The van der Waals surface area contributed by atoms with Crippen molar-refractivity contribution in [3.05, 3.63) is 71.8 Å². The Bertz CT molecular complexity index is 960. The van der Waals surface area contributed by atoms with Crippen LogP contribution in [-0.2, 0) is 6.54 Å². The molecular weight excluding hydrogens is 348 g/mol. The van der Waals surface area contributed by atoms with E-state index in [1.165, 1.54) is 24.9 Å². The Morgan fingerprint density at radius 1 is 0.964 bits per heavy atom. The summed E-state index contributed by atoms with van der Waals surface area (Å²) in [5, 5.41) is 5.11. The lowest BCUT2D eigenvalue weighted by atomic mass is 10.1. The zero-order valence-electron chi connectivity index (χ0n) is 16.3. The van der Waals surface area contributed by atoms with Gasteiger partial charge in [-0.1, -0.05) is 36.4 Å². The Labute approximate surface area is 166 Å². The number of anilines is 1. The van der Waals surface area contributed by atoms with Gasteiger partial charge in [0.05, 0.1) is 12.7 Å². The zero-order chi connectivity index (χ0) is 19.3. The molecule has 0 spiro atoms. The van der Waals surface area contributed by atoms with Gasteiger partial charge in [0.1, 0.15) is 5.75 Å². The van der Waals surface area contributed by atoms with E-state index in [4.69, 9.17) is 4.74 Å². The summed E-state index contributed by atoms with van der Waals surface area (Å²) in [7, 11) is 1.60. The molecule has 1 saturated heterocycles. The Morgan fingerprint density at radius 3 is 2.32 bits per heavy atom. The van der Waals surface area contributed by atoms with Crippen LogP contribution in [0.25, 0.3) is 10.8 Å². The minimum absolute atomic E-state index is 0.122. The average Bonchev–Trinajstić information content (AvgIpc) is 2.77. The molecule has 1 aliphatic rings. The minimum Gasteiger partial charge on any atom is -0.496 e. The fraction of sp³-hybridized carbons (Fsp3) is 0.292. The van der Waals surface area contributed by atoms with Gasteiger partial charge in [0.15, 0.2) is 0 Å². The van der Waals surface area contributed by atoms with E-state index in [1.54, 1.807) is 7.11 Å². The zero-order valence-corrected chi connectivity index (χ0v) is 16.3. The monoisotopic (exact) mass is 374 g/mol. The highest BCUT2D eigenvalue weighted by Gasteiger charge is 2.14.